The van der Waals surface area contributed by atoms with Crippen molar-refractivity contribution >= 4 is 40.5 Å². The molecule has 1 fully saturated rings. The Labute approximate surface area is 195 Å². The second-order valence-electron chi connectivity index (χ2n) is 7.59. The maximum absolute atomic E-state index is 12.7. The molecule has 33 heavy (non-hydrogen) atoms. The number of amides is 2. The largest absolute Gasteiger partial charge is 0.368 e. The molecule has 4 rings (SSSR count). The molecular weight excluding hydrogens is 444 g/mol. The third kappa shape index (κ3) is 5.30. The van der Waals surface area contributed by atoms with Crippen molar-refractivity contribution in [2.24, 2.45) is 0 Å². The predicted molar refractivity (Wildman–Crippen MR) is 127 cm³/mol. The fraction of sp³-hybridized carbons (Fsp3) is 0.167. The van der Waals surface area contributed by atoms with Gasteiger partial charge < -0.3 is 15.1 Å². The fourth-order valence-electron chi connectivity index (χ4n) is 3.64. The Morgan fingerprint density at radius 2 is 1.39 bits per heavy atom. The molecule has 8 nitrogen and oxygen atoms in total. The van der Waals surface area contributed by atoms with Crippen LogP contribution in [0.2, 0.25) is 5.02 Å². The number of hydrogen-bond acceptors (Lipinski definition) is 5. The molecular formula is C24H21ClN4O4. The molecule has 0 radical (unpaired) electrons. The number of hydrogen-bond donors (Lipinski definition) is 1. The molecule has 1 N–H and O–H groups in total. The average molecular weight is 465 g/mol. The Bertz CT molecular complexity index is 1160. The first-order valence-corrected chi connectivity index (χ1v) is 10.7. The van der Waals surface area contributed by atoms with Gasteiger partial charge in [0.05, 0.1) is 4.92 Å². The summed E-state index contributed by atoms with van der Waals surface area (Å²) in [6, 6.07) is 19.8. The first-order valence-electron chi connectivity index (χ1n) is 10.4. The van der Waals surface area contributed by atoms with E-state index in [0.717, 1.165) is 5.69 Å². The topological polar surface area (TPSA) is 95.8 Å². The van der Waals surface area contributed by atoms with Crippen LogP contribution in [-0.4, -0.2) is 47.8 Å². The number of carbonyl (C=O) groups is 2. The lowest BCUT2D eigenvalue weighted by Gasteiger charge is -2.36. The van der Waals surface area contributed by atoms with Crippen molar-refractivity contribution in [1.29, 1.82) is 0 Å². The summed E-state index contributed by atoms with van der Waals surface area (Å²) in [6.45, 7) is 2.63. The Kier molecular flexibility index (Phi) is 6.55. The van der Waals surface area contributed by atoms with Crippen molar-refractivity contribution in [1.82, 2.24) is 4.90 Å². The minimum absolute atomic E-state index is 0.00405. The van der Waals surface area contributed by atoms with E-state index in [9.17, 15) is 19.7 Å². The van der Waals surface area contributed by atoms with E-state index in [1.54, 1.807) is 24.3 Å². The van der Waals surface area contributed by atoms with Gasteiger partial charge in [-0.25, -0.2) is 0 Å². The summed E-state index contributed by atoms with van der Waals surface area (Å²) in [5.74, 6) is -0.345. The number of rotatable bonds is 5. The molecule has 0 aromatic heterocycles. The van der Waals surface area contributed by atoms with E-state index in [2.05, 4.69) is 10.2 Å². The normalized spacial score (nSPS) is 13.5. The van der Waals surface area contributed by atoms with Crippen molar-refractivity contribution < 1.29 is 14.5 Å². The summed E-state index contributed by atoms with van der Waals surface area (Å²) >= 11 is 5.90. The molecule has 9 heteroatoms. The smallest absolute Gasteiger partial charge is 0.269 e. The predicted octanol–water partition coefficient (Wildman–Crippen LogP) is 4.46. The standard InChI is InChI=1S/C24H21ClN4O4/c25-19-5-1-18(2-6-19)24(31)28-15-13-27(14-16-28)21-11-7-20(8-12-21)26-23(30)17-3-9-22(10-4-17)29(32)33/h1-12H,13-16H2,(H,26,30). The Morgan fingerprint density at radius 3 is 1.97 bits per heavy atom. The average Bonchev–Trinajstić information content (AvgIpc) is 2.85. The lowest BCUT2D eigenvalue weighted by Crippen LogP contribution is -2.48. The van der Waals surface area contributed by atoms with Crippen molar-refractivity contribution in [2.75, 3.05) is 36.4 Å². The summed E-state index contributed by atoms with van der Waals surface area (Å²) < 4.78 is 0. The molecule has 3 aromatic carbocycles. The van der Waals surface area contributed by atoms with Gasteiger partial charge in [-0.2, -0.15) is 0 Å². The summed E-state index contributed by atoms with van der Waals surface area (Å²) in [6.07, 6.45) is 0. The van der Waals surface area contributed by atoms with Gasteiger partial charge in [0.1, 0.15) is 0 Å². The molecule has 0 unspecified atom stereocenters. The van der Waals surface area contributed by atoms with Crippen LogP contribution in [0.4, 0.5) is 17.1 Å². The van der Waals surface area contributed by atoms with Gasteiger partial charge in [0.25, 0.3) is 17.5 Å². The molecule has 0 bridgehead atoms. The summed E-state index contributed by atoms with van der Waals surface area (Å²) in [5.41, 5.74) is 2.53. The first kappa shape index (κ1) is 22.3. The highest BCUT2D eigenvalue weighted by Crippen LogP contribution is 2.21. The highest BCUT2D eigenvalue weighted by molar-refractivity contribution is 6.30. The Morgan fingerprint density at radius 1 is 0.818 bits per heavy atom. The van der Waals surface area contributed by atoms with E-state index < -0.39 is 4.92 Å². The number of halogens is 1. The zero-order valence-electron chi connectivity index (χ0n) is 17.6. The third-order valence-corrected chi connectivity index (χ3v) is 5.74. The van der Waals surface area contributed by atoms with Crippen LogP contribution in [0.1, 0.15) is 20.7 Å². The first-order chi connectivity index (χ1) is 15.9. The highest BCUT2D eigenvalue weighted by atomic mass is 35.5. The maximum atomic E-state index is 12.7. The third-order valence-electron chi connectivity index (χ3n) is 5.49. The van der Waals surface area contributed by atoms with E-state index >= 15 is 0 Å². The molecule has 1 saturated heterocycles. The lowest BCUT2D eigenvalue weighted by molar-refractivity contribution is -0.384. The minimum Gasteiger partial charge on any atom is -0.368 e. The van der Waals surface area contributed by atoms with Gasteiger partial charge in [-0.15, -0.1) is 0 Å². The molecule has 168 valence electrons. The lowest BCUT2D eigenvalue weighted by atomic mass is 10.1. The van der Waals surface area contributed by atoms with Crippen LogP contribution >= 0.6 is 11.6 Å². The molecule has 2 amide bonds. The summed E-state index contributed by atoms with van der Waals surface area (Å²) in [4.78, 5) is 39.3. The highest BCUT2D eigenvalue weighted by Gasteiger charge is 2.22. The van der Waals surface area contributed by atoms with Gasteiger partial charge in [0.15, 0.2) is 0 Å². The van der Waals surface area contributed by atoms with E-state index in [-0.39, 0.29) is 17.5 Å². The van der Waals surface area contributed by atoms with Gasteiger partial charge in [0, 0.05) is 65.8 Å². The van der Waals surface area contributed by atoms with Crippen LogP contribution in [0.15, 0.2) is 72.8 Å². The van der Waals surface area contributed by atoms with Crippen LogP contribution in [0, 0.1) is 10.1 Å². The van der Waals surface area contributed by atoms with Crippen molar-refractivity contribution in [3.8, 4) is 0 Å². The SMILES string of the molecule is O=C(Nc1ccc(N2CCN(C(=O)c3ccc(Cl)cc3)CC2)cc1)c1ccc([N+](=O)[O-])cc1. The molecule has 3 aromatic rings. The maximum Gasteiger partial charge on any atom is 0.269 e. The molecule has 0 atom stereocenters. The number of nitro groups is 1. The van der Waals surface area contributed by atoms with Crippen LogP contribution < -0.4 is 10.2 Å². The van der Waals surface area contributed by atoms with E-state index in [1.807, 2.05) is 29.2 Å². The number of piperazine rings is 1. The van der Waals surface area contributed by atoms with E-state index in [1.165, 1.54) is 24.3 Å². The number of anilines is 2. The van der Waals surface area contributed by atoms with Gasteiger partial charge in [-0.1, -0.05) is 11.6 Å². The number of benzene rings is 3. The second kappa shape index (κ2) is 9.70. The number of nitro benzene ring substituents is 1. The van der Waals surface area contributed by atoms with Crippen molar-refractivity contribution in [3.05, 3.63) is 99.1 Å². The molecule has 0 spiro atoms. The number of nitrogens with zero attached hydrogens (tertiary/aromatic N) is 3. The van der Waals surface area contributed by atoms with Crippen LogP contribution in [0.3, 0.4) is 0 Å². The van der Waals surface area contributed by atoms with Crippen LogP contribution in [0.5, 0.6) is 0 Å². The fourth-order valence-corrected chi connectivity index (χ4v) is 3.76. The quantitative estimate of drug-likeness (QED) is 0.444. The van der Waals surface area contributed by atoms with Crippen LogP contribution in [0.25, 0.3) is 0 Å². The van der Waals surface area contributed by atoms with Crippen molar-refractivity contribution in [3.63, 3.8) is 0 Å². The number of nitrogens with one attached hydrogen (secondary N) is 1. The monoisotopic (exact) mass is 464 g/mol. The zero-order valence-corrected chi connectivity index (χ0v) is 18.4. The summed E-state index contributed by atoms with van der Waals surface area (Å²) in [7, 11) is 0. The molecule has 0 saturated carbocycles. The molecule has 0 aliphatic carbocycles. The number of carbonyl (C=O) groups excluding carboxylic acids is 2. The minimum atomic E-state index is -0.506. The molecule has 1 aliphatic heterocycles. The van der Waals surface area contributed by atoms with Gasteiger partial charge in [-0.3, -0.25) is 19.7 Å². The molecule has 1 aliphatic rings. The van der Waals surface area contributed by atoms with Gasteiger partial charge in [0.2, 0.25) is 0 Å². The van der Waals surface area contributed by atoms with E-state index in [4.69, 9.17) is 11.6 Å². The van der Waals surface area contributed by atoms with E-state index in [0.29, 0.717) is 48.0 Å². The Balaban J connectivity index is 1.32. The summed E-state index contributed by atoms with van der Waals surface area (Å²) in [5, 5.41) is 14.1. The van der Waals surface area contributed by atoms with Gasteiger partial charge >= 0.3 is 0 Å². The zero-order chi connectivity index (χ0) is 23.4. The van der Waals surface area contributed by atoms with Gasteiger partial charge in [-0.05, 0) is 60.7 Å². The second-order valence-corrected chi connectivity index (χ2v) is 8.03. The van der Waals surface area contributed by atoms with Crippen LogP contribution in [-0.2, 0) is 0 Å². The molecule has 1 heterocycles. The Hall–Kier alpha value is -3.91. The number of non-ortho nitro benzene ring substituents is 1. The van der Waals surface area contributed by atoms with Crippen molar-refractivity contribution in [2.45, 2.75) is 0 Å².